The highest BCUT2D eigenvalue weighted by atomic mass is 32.1. The number of aromatic nitrogens is 1. The minimum atomic E-state index is 0.586. The molecule has 5 rings (SSSR count). The largest absolute Gasteiger partial charge is 0.351 e. The third-order valence-corrected chi connectivity index (χ3v) is 8.71. The normalized spacial score (nSPS) is 21.8. The summed E-state index contributed by atoms with van der Waals surface area (Å²) in [6.07, 6.45) is 14.4. The third-order valence-electron chi connectivity index (χ3n) is 7.72. The number of hydrogen-bond acceptors (Lipinski definition) is 4. The smallest absolute Gasteiger partial charge is 0.117 e. The fraction of sp³-hybridized carbons (Fsp3) is 0.387. The van der Waals surface area contributed by atoms with Gasteiger partial charge in [-0.3, -0.25) is 0 Å². The lowest BCUT2D eigenvalue weighted by Crippen LogP contribution is -2.31. The molecule has 0 bridgehead atoms. The molecule has 0 atom stereocenters. The quantitative estimate of drug-likeness (QED) is 0.341. The predicted molar refractivity (Wildman–Crippen MR) is 153 cm³/mol. The highest BCUT2D eigenvalue weighted by Crippen LogP contribution is 2.39. The van der Waals surface area contributed by atoms with E-state index in [1.54, 1.807) is 11.3 Å². The van der Waals surface area contributed by atoms with Crippen LogP contribution in [0.15, 0.2) is 72.5 Å². The summed E-state index contributed by atoms with van der Waals surface area (Å²) in [5.74, 6) is 1.41. The monoisotopic (exact) mass is 483 g/mol. The van der Waals surface area contributed by atoms with Crippen molar-refractivity contribution in [2.45, 2.75) is 39.5 Å². The predicted octanol–water partition coefficient (Wildman–Crippen LogP) is 7.88. The molecule has 0 saturated heterocycles. The minimum absolute atomic E-state index is 0.586. The number of benzene rings is 2. The zero-order valence-corrected chi connectivity index (χ0v) is 22.1. The van der Waals surface area contributed by atoms with E-state index in [1.807, 2.05) is 0 Å². The van der Waals surface area contributed by atoms with E-state index >= 15 is 0 Å². The van der Waals surface area contributed by atoms with E-state index in [1.165, 1.54) is 59.3 Å². The molecular weight excluding hydrogens is 446 g/mol. The summed E-state index contributed by atoms with van der Waals surface area (Å²) < 4.78 is 1.26. The van der Waals surface area contributed by atoms with Gasteiger partial charge in [0.15, 0.2) is 0 Å². The Hall–Kier alpha value is -2.69. The molecule has 3 nitrogen and oxygen atoms in total. The van der Waals surface area contributed by atoms with E-state index in [4.69, 9.17) is 4.98 Å². The van der Waals surface area contributed by atoms with Gasteiger partial charge in [-0.1, -0.05) is 50.3 Å². The van der Waals surface area contributed by atoms with Crippen molar-refractivity contribution in [2.75, 3.05) is 31.6 Å². The van der Waals surface area contributed by atoms with Crippen LogP contribution in [0.5, 0.6) is 0 Å². The maximum atomic E-state index is 4.95. The van der Waals surface area contributed by atoms with E-state index < -0.39 is 0 Å². The molecule has 1 aliphatic heterocycles. The molecule has 3 aromatic rings. The van der Waals surface area contributed by atoms with Crippen molar-refractivity contribution >= 4 is 38.9 Å². The van der Waals surface area contributed by atoms with Gasteiger partial charge in [-0.15, -0.1) is 11.3 Å². The van der Waals surface area contributed by atoms with Crippen LogP contribution in [0.4, 0.5) is 5.69 Å². The Morgan fingerprint density at radius 2 is 1.77 bits per heavy atom. The van der Waals surface area contributed by atoms with Gasteiger partial charge in [-0.25, -0.2) is 4.98 Å². The number of nitrogens with zero attached hydrogens (tertiary/aromatic N) is 3. The van der Waals surface area contributed by atoms with Crippen LogP contribution < -0.4 is 4.90 Å². The van der Waals surface area contributed by atoms with Gasteiger partial charge in [-0.05, 0) is 92.1 Å². The Bertz CT molecular complexity index is 1210. The van der Waals surface area contributed by atoms with E-state index in [-0.39, 0.29) is 0 Å². The number of anilines is 1. The molecule has 4 heteroatoms. The molecule has 1 aromatic heterocycles. The van der Waals surface area contributed by atoms with Gasteiger partial charge < -0.3 is 9.80 Å². The van der Waals surface area contributed by atoms with Crippen LogP contribution in [0.1, 0.15) is 50.1 Å². The molecule has 0 amide bonds. The molecule has 0 spiro atoms. The Morgan fingerprint density at radius 1 is 1.03 bits per heavy atom. The fourth-order valence-corrected chi connectivity index (χ4v) is 6.52. The molecule has 1 fully saturated rings. The van der Waals surface area contributed by atoms with Crippen LogP contribution in [0.25, 0.3) is 21.9 Å². The van der Waals surface area contributed by atoms with Gasteiger partial charge in [0, 0.05) is 31.0 Å². The van der Waals surface area contributed by atoms with Crippen molar-refractivity contribution in [2.24, 2.45) is 11.8 Å². The van der Waals surface area contributed by atoms with Gasteiger partial charge in [0.1, 0.15) is 5.01 Å². The first-order valence-electron chi connectivity index (χ1n) is 13.2. The highest BCUT2D eigenvalue weighted by Gasteiger charge is 2.25. The maximum Gasteiger partial charge on any atom is 0.117 e. The number of allylic oxidation sites excluding steroid dienone is 4. The molecular formula is C31H37N3S. The first kappa shape index (κ1) is 24.0. The van der Waals surface area contributed by atoms with Gasteiger partial charge in [0.05, 0.1) is 10.2 Å². The first-order chi connectivity index (χ1) is 17.1. The van der Waals surface area contributed by atoms with E-state index in [0.29, 0.717) is 5.92 Å². The van der Waals surface area contributed by atoms with Crippen molar-refractivity contribution < 1.29 is 0 Å². The maximum absolute atomic E-state index is 4.95. The lowest BCUT2D eigenvalue weighted by molar-refractivity contribution is 0.201. The summed E-state index contributed by atoms with van der Waals surface area (Å²) in [6, 6.07) is 17.2. The topological polar surface area (TPSA) is 19.4 Å². The first-order valence-corrected chi connectivity index (χ1v) is 14.0. The molecule has 2 heterocycles. The van der Waals surface area contributed by atoms with Gasteiger partial charge in [0.25, 0.3) is 0 Å². The second-order valence-electron chi connectivity index (χ2n) is 9.91. The van der Waals surface area contributed by atoms with E-state index in [9.17, 15) is 0 Å². The van der Waals surface area contributed by atoms with Gasteiger partial charge >= 0.3 is 0 Å². The third kappa shape index (κ3) is 5.44. The Labute approximate surface area is 214 Å². The van der Waals surface area contributed by atoms with E-state index in [0.717, 1.165) is 29.5 Å². The highest BCUT2D eigenvalue weighted by molar-refractivity contribution is 7.19. The van der Waals surface area contributed by atoms with Crippen LogP contribution in [-0.4, -0.2) is 36.6 Å². The van der Waals surface area contributed by atoms with Crippen molar-refractivity contribution in [3.63, 3.8) is 0 Å². The lowest BCUT2D eigenvalue weighted by atomic mass is 9.77. The Kier molecular flexibility index (Phi) is 7.50. The summed E-state index contributed by atoms with van der Waals surface area (Å²) in [6.45, 7) is 8.14. The van der Waals surface area contributed by atoms with Gasteiger partial charge in [-0.2, -0.15) is 0 Å². The summed E-state index contributed by atoms with van der Waals surface area (Å²) in [5.41, 5.74) is 6.41. The molecule has 35 heavy (non-hydrogen) atoms. The number of rotatable bonds is 7. The molecule has 2 aliphatic rings. The summed E-state index contributed by atoms with van der Waals surface area (Å²) in [4.78, 5) is 9.75. The molecule has 2 aromatic carbocycles. The van der Waals surface area contributed by atoms with Crippen LogP contribution in [-0.2, 0) is 0 Å². The number of fused-ring (bicyclic) bond motifs is 2. The van der Waals surface area contributed by atoms with Crippen molar-refractivity contribution in [1.29, 1.82) is 0 Å². The molecule has 0 unspecified atom stereocenters. The number of para-hydroxylation sites is 2. The minimum Gasteiger partial charge on any atom is -0.351 e. The lowest BCUT2D eigenvalue weighted by Gasteiger charge is -2.33. The average Bonchev–Trinajstić information content (AvgIpc) is 3.31. The molecule has 0 N–H and O–H groups in total. The van der Waals surface area contributed by atoms with Crippen molar-refractivity contribution in [3.8, 4) is 0 Å². The SMILES string of the molecule is CCN(CC)CC1CCC(C(/C=C2\C=CN(C)c3ccccc32)=C\c2nc3ccccc3s2)CC1. The number of thiazole rings is 1. The van der Waals surface area contributed by atoms with Crippen molar-refractivity contribution in [3.05, 3.63) is 83.0 Å². The second kappa shape index (κ2) is 10.9. The molecule has 182 valence electrons. The molecule has 1 saturated carbocycles. The zero-order valence-electron chi connectivity index (χ0n) is 21.3. The molecule has 0 radical (unpaired) electrons. The summed E-state index contributed by atoms with van der Waals surface area (Å²) >= 11 is 1.80. The fourth-order valence-electron chi connectivity index (χ4n) is 5.59. The van der Waals surface area contributed by atoms with Gasteiger partial charge in [0.2, 0.25) is 0 Å². The van der Waals surface area contributed by atoms with Crippen molar-refractivity contribution in [1.82, 2.24) is 9.88 Å². The summed E-state index contributed by atoms with van der Waals surface area (Å²) in [5, 5.41) is 1.12. The van der Waals surface area contributed by atoms with E-state index in [2.05, 4.69) is 104 Å². The average molecular weight is 484 g/mol. The summed E-state index contributed by atoms with van der Waals surface area (Å²) in [7, 11) is 2.13. The van der Waals surface area contributed by atoms with Crippen LogP contribution >= 0.6 is 11.3 Å². The van der Waals surface area contributed by atoms with Crippen LogP contribution in [0, 0.1) is 11.8 Å². The standard InChI is InChI=1S/C31H37N3S/c1-4-34(5-2)22-23-14-16-24(17-15-23)26(21-31-32-28-11-7-9-13-30(28)35-31)20-25-18-19-33(3)29-12-8-6-10-27(25)29/h6-13,18-21,23-24H,4-5,14-17,22H2,1-3H3/b25-20+,26-21-. The number of hydrogen-bond donors (Lipinski definition) is 0. The zero-order chi connectivity index (χ0) is 24.2. The second-order valence-corrected chi connectivity index (χ2v) is 11.0. The Morgan fingerprint density at radius 3 is 2.54 bits per heavy atom. The Balaban J connectivity index is 1.46. The molecule has 1 aliphatic carbocycles. The van der Waals surface area contributed by atoms with Crippen LogP contribution in [0.2, 0.25) is 0 Å². The van der Waals surface area contributed by atoms with Crippen LogP contribution in [0.3, 0.4) is 0 Å².